The molecule has 8 nitrogen and oxygen atoms in total. The zero-order valence-electron chi connectivity index (χ0n) is 26.3. The fourth-order valence-electron chi connectivity index (χ4n) is 4.40. The van der Waals surface area contributed by atoms with E-state index in [2.05, 4.69) is 105 Å². The van der Waals surface area contributed by atoms with Gasteiger partial charge in [-0.1, -0.05) is 6.58 Å². The quantitative estimate of drug-likeness (QED) is 0.0935. The highest BCUT2D eigenvalue weighted by Crippen LogP contribution is 2.34. The molecule has 1 N–H and O–H groups in total. The molecule has 15 heteroatoms. The Morgan fingerprint density at radius 2 is 0.865 bits per heavy atom. The molecule has 0 unspecified atom stereocenters. The second-order valence-corrected chi connectivity index (χ2v) is 41.8. The Hall–Kier alpha value is 0.488. The number of hydrogen-bond acceptors (Lipinski definition) is 7. The van der Waals surface area contributed by atoms with Crippen LogP contribution in [0.4, 0.5) is 0 Å². The van der Waals surface area contributed by atoms with Crippen LogP contribution in [0, 0.1) is 0 Å². The van der Waals surface area contributed by atoms with E-state index in [1.54, 1.807) is 0 Å². The maximum atomic E-state index is 11.3. The molecule has 0 aromatic carbocycles. The number of aliphatic carboxylic acids is 1. The van der Waals surface area contributed by atoms with Gasteiger partial charge in [0.15, 0.2) is 25.0 Å². The third-order valence-corrected chi connectivity index (χ3v) is 28.2. The lowest BCUT2D eigenvalue weighted by Gasteiger charge is -2.46. The molecule has 37 heavy (non-hydrogen) atoms. The smallest absolute Gasteiger partial charge is 0.474 e. The van der Waals surface area contributed by atoms with E-state index in [0.29, 0.717) is 25.3 Å². The molecule has 0 radical (unpaired) electrons. The Kier molecular flexibility index (Phi) is 13.6. The number of carboxylic acids is 1. The van der Waals surface area contributed by atoms with Crippen molar-refractivity contribution in [3.63, 3.8) is 0 Å². The molecule has 0 spiro atoms. The van der Waals surface area contributed by atoms with Crippen LogP contribution in [0.1, 0.15) is 19.3 Å². The van der Waals surface area contributed by atoms with Crippen molar-refractivity contribution in [3.05, 3.63) is 12.2 Å². The van der Waals surface area contributed by atoms with Crippen molar-refractivity contribution < 1.29 is 34.6 Å². The third kappa shape index (κ3) is 18.5. The van der Waals surface area contributed by atoms with Crippen LogP contribution in [0.5, 0.6) is 0 Å². The molecule has 0 atom stereocenters. The Bertz CT molecular complexity index is 694. The van der Waals surface area contributed by atoms with Crippen molar-refractivity contribution in [2.45, 2.75) is 124 Å². The summed E-state index contributed by atoms with van der Waals surface area (Å²) < 4.78 is 40.8. The first-order valence-corrected chi connectivity index (χ1v) is 33.8. The molecule has 0 aliphatic rings. The van der Waals surface area contributed by atoms with Crippen LogP contribution in [0.15, 0.2) is 12.2 Å². The van der Waals surface area contributed by atoms with Crippen molar-refractivity contribution in [2.75, 3.05) is 0 Å². The van der Waals surface area contributed by atoms with Crippen LogP contribution in [-0.4, -0.2) is 70.5 Å². The summed E-state index contributed by atoms with van der Waals surface area (Å²) in [6, 6.07) is 0.544. The lowest BCUT2D eigenvalue weighted by molar-refractivity contribution is -0.132. The van der Waals surface area contributed by atoms with Gasteiger partial charge in [0.25, 0.3) is 0 Å². The van der Waals surface area contributed by atoms with Crippen LogP contribution in [0.2, 0.25) is 104 Å². The van der Waals surface area contributed by atoms with Crippen molar-refractivity contribution >= 4 is 65.4 Å². The molecule has 0 saturated heterocycles. The van der Waals surface area contributed by atoms with Gasteiger partial charge in [-0.25, -0.2) is 4.79 Å². The summed E-state index contributed by atoms with van der Waals surface area (Å²) in [4.78, 5) is 11.3. The largest absolute Gasteiger partial charge is 0.478 e. The lowest BCUT2D eigenvalue weighted by Crippen LogP contribution is -2.66. The van der Waals surface area contributed by atoms with Crippen LogP contribution < -0.4 is 0 Å². The zero-order chi connectivity index (χ0) is 29.7. The molecule has 0 aromatic heterocycles. The zero-order valence-corrected chi connectivity index (χ0v) is 33.3. The van der Waals surface area contributed by atoms with Crippen LogP contribution in [-0.2, 0) is 29.5 Å². The summed E-state index contributed by atoms with van der Waals surface area (Å²) >= 11 is 0. The van der Waals surface area contributed by atoms with Gasteiger partial charge in [0.2, 0.25) is 0 Å². The van der Waals surface area contributed by atoms with Crippen LogP contribution >= 0.6 is 0 Å². The molecule has 0 bridgehead atoms. The summed E-state index contributed by atoms with van der Waals surface area (Å²) in [5.41, 5.74) is 0.209. The minimum atomic E-state index is -3.40. The molecule has 0 fully saturated rings. The standard InChI is InChI=1S/C22H56O8Si7/c1-21(22(23)24)19-17-18-20-37(28-34(11,12)25-31(2,3)4,29-35(13,14)26-32(5,6)7)30-36(15,16)27-33(8,9)10/h1,17-20H2,2-16H3,(H,23,24). The molecule has 0 saturated carbocycles. The Morgan fingerprint density at radius 1 is 0.568 bits per heavy atom. The van der Waals surface area contributed by atoms with Crippen LogP contribution in [0.3, 0.4) is 0 Å². The molecule has 0 amide bonds. The second kappa shape index (κ2) is 13.4. The van der Waals surface area contributed by atoms with E-state index in [1.165, 1.54) is 0 Å². The van der Waals surface area contributed by atoms with Gasteiger partial charge in [-0.2, -0.15) is 0 Å². The van der Waals surface area contributed by atoms with Gasteiger partial charge < -0.3 is 29.8 Å². The summed E-state index contributed by atoms with van der Waals surface area (Å²) in [6.07, 6.45) is 1.75. The first-order chi connectivity index (χ1) is 16.1. The highest BCUT2D eigenvalue weighted by molar-refractivity contribution is 6.92. The number of rotatable bonds is 18. The van der Waals surface area contributed by atoms with Crippen molar-refractivity contribution in [1.82, 2.24) is 0 Å². The number of unbranched alkanes of at least 4 members (excludes halogenated alkanes) is 1. The van der Waals surface area contributed by atoms with E-state index in [-0.39, 0.29) is 5.57 Å². The van der Waals surface area contributed by atoms with Gasteiger partial charge in [0.05, 0.1) is 0 Å². The summed E-state index contributed by atoms with van der Waals surface area (Å²) in [7, 11) is -17.1. The Balaban J connectivity index is 6.49. The van der Waals surface area contributed by atoms with Crippen molar-refractivity contribution in [2.24, 2.45) is 0 Å². The monoisotopic (exact) mass is 644 g/mol. The Labute approximate surface area is 234 Å². The molecule has 0 heterocycles. The summed E-state index contributed by atoms with van der Waals surface area (Å²) in [6.45, 7) is 35.5. The number of carbonyl (C=O) groups is 1. The van der Waals surface area contributed by atoms with E-state index in [0.717, 1.165) is 0 Å². The maximum Gasteiger partial charge on any atom is 0.474 e. The van der Waals surface area contributed by atoms with Gasteiger partial charge >= 0.3 is 40.5 Å². The molecule has 0 rings (SSSR count). The minimum Gasteiger partial charge on any atom is -0.478 e. The van der Waals surface area contributed by atoms with E-state index in [4.69, 9.17) is 24.7 Å². The maximum absolute atomic E-state index is 11.3. The molecule has 0 aliphatic carbocycles. The lowest BCUT2D eigenvalue weighted by atomic mass is 10.1. The van der Waals surface area contributed by atoms with Crippen molar-refractivity contribution in [3.8, 4) is 0 Å². The van der Waals surface area contributed by atoms with E-state index >= 15 is 0 Å². The summed E-state index contributed by atoms with van der Waals surface area (Å²) in [5, 5.41) is 9.24. The Morgan fingerprint density at radius 3 is 1.11 bits per heavy atom. The van der Waals surface area contributed by atoms with Crippen molar-refractivity contribution in [1.29, 1.82) is 0 Å². The minimum absolute atomic E-state index is 0.209. The highest BCUT2D eigenvalue weighted by atomic mass is 28.5. The van der Waals surface area contributed by atoms with Gasteiger partial charge in [-0.15, -0.1) is 0 Å². The predicted molar refractivity (Wildman–Crippen MR) is 170 cm³/mol. The SMILES string of the molecule is C=C(CCCC[Si](O[Si](C)(C)O[Si](C)(C)C)(O[Si](C)(C)O[Si](C)(C)C)O[Si](C)(C)O[Si](C)(C)C)C(=O)O. The molecular formula is C22H56O8Si7. The fourth-order valence-corrected chi connectivity index (χ4v) is 36.2. The summed E-state index contributed by atoms with van der Waals surface area (Å²) in [5.74, 6) is -0.960. The number of carboxylic acid groups (broad SMARTS) is 1. The average molecular weight is 645 g/mol. The molecular weight excluding hydrogens is 589 g/mol. The average Bonchev–Trinajstić information content (AvgIpc) is 2.49. The first kappa shape index (κ1) is 37.5. The predicted octanol–water partition coefficient (Wildman–Crippen LogP) is 7.45. The third-order valence-electron chi connectivity index (χ3n) is 4.37. The van der Waals surface area contributed by atoms with E-state index < -0.39 is 65.4 Å². The van der Waals surface area contributed by atoms with E-state index in [1.807, 2.05) is 0 Å². The van der Waals surface area contributed by atoms with Crippen LogP contribution in [0.25, 0.3) is 0 Å². The van der Waals surface area contributed by atoms with E-state index in [9.17, 15) is 9.90 Å². The molecule has 220 valence electrons. The second-order valence-electron chi connectivity index (χ2n) is 13.9. The number of hydrogen-bond donors (Lipinski definition) is 1. The van der Waals surface area contributed by atoms with Gasteiger partial charge in [0, 0.05) is 11.6 Å². The van der Waals surface area contributed by atoms with Gasteiger partial charge in [-0.05, 0) is 117 Å². The molecule has 0 aliphatic heterocycles. The highest BCUT2D eigenvalue weighted by Gasteiger charge is 2.55. The van der Waals surface area contributed by atoms with Gasteiger partial charge in [0.1, 0.15) is 0 Å². The van der Waals surface area contributed by atoms with Gasteiger partial charge in [-0.3, -0.25) is 0 Å². The fraction of sp³-hybridized carbons (Fsp3) is 0.864. The molecule has 0 aromatic rings. The first-order valence-electron chi connectivity index (χ1n) is 13.2. The normalized spacial score (nSPS) is 14.7. The topological polar surface area (TPSA) is 92.7 Å².